The molecule has 1 unspecified atom stereocenters. The molecule has 0 aliphatic heterocycles. The molecule has 1 aromatic rings. The quantitative estimate of drug-likeness (QED) is 0.767. The van der Waals surface area contributed by atoms with Gasteiger partial charge in [0.2, 0.25) is 0 Å². The van der Waals surface area contributed by atoms with Crippen LogP contribution in [0.1, 0.15) is 37.8 Å². The van der Waals surface area contributed by atoms with Crippen LogP contribution in [0.5, 0.6) is 0 Å². The number of carboxylic acid groups (broad SMARTS) is 1. The smallest absolute Gasteiger partial charge is 0.404 e. The standard InChI is InChI=1S/C15H21NO3/c1-15(2,3)13(16-14(18)19)12-10-7-5-4-6-9(10)8-11(12)17/h4-7,11-13,16-17H,8H2,1-3H3,(H,18,19)/t11-,12-,13?/m0/s1. The van der Waals surface area contributed by atoms with Gasteiger partial charge in [-0.2, -0.15) is 0 Å². The molecule has 3 atom stereocenters. The molecule has 1 amide bonds. The Morgan fingerprint density at radius 1 is 1.37 bits per heavy atom. The first-order valence-corrected chi connectivity index (χ1v) is 6.56. The van der Waals surface area contributed by atoms with Gasteiger partial charge in [-0.05, 0) is 23.0 Å². The van der Waals surface area contributed by atoms with E-state index in [1.54, 1.807) is 0 Å². The molecule has 0 aromatic heterocycles. The maximum absolute atomic E-state index is 11.0. The van der Waals surface area contributed by atoms with E-state index in [9.17, 15) is 9.90 Å². The highest BCUT2D eigenvalue weighted by molar-refractivity contribution is 5.65. The van der Waals surface area contributed by atoms with Crippen molar-refractivity contribution in [1.29, 1.82) is 0 Å². The summed E-state index contributed by atoms with van der Waals surface area (Å²) >= 11 is 0. The molecular formula is C15H21NO3. The second-order valence-corrected chi connectivity index (χ2v) is 6.29. The van der Waals surface area contributed by atoms with Gasteiger partial charge in [-0.25, -0.2) is 4.79 Å². The first-order chi connectivity index (χ1) is 8.80. The summed E-state index contributed by atoms with van der Waals surface area (Å²) in [6.07, 6.45) is -0.987. The predicted octanol–water partition coefficient (Wildman–Crippen LogP) is 2.37. The zero-order valence-corrected chi connectivity index (χ0v) is 11.6. The summed E-state index contributed by atoms with van der Waals surface area (Å²) in [4.78, 5) is 11.0. The largest absolute Gasteiger partial charge is 0.465 e. The molecule has 4 heteroatoms. The third-order valence-corrected chi connectivity index (χ3v) is 3.83. The van der Waals surface area contributed by atoms with Crippen molar-refractivity contribution in [3.8, 4) is 0 Å². The van der Waals surface area contributed by atoms with Crippen LogP contribution >= 0.6 is 0 Å². The molecule has 2 rings (SSSR count). The van der Waals surface area contributed by atoms with E-state index in [0.29, 0.717) is 6.42 Å². The van der Waals surface area contributed by atoms with Crippen LogP contribution in [0.25, 0.3) is 0 Å². The minimum Gasteiger partial charge on any atom is -0.465 e. The van der Waals surface area contributed by atoms with E-state index in [-0.39, 0.29) is 17.4 Å². The zero-order valence-electron chi connectivity index (χ0n) is 11.6. The highest BCUT2D eigenvalue weighted by Crippen LogP contribution is 2.41. The van der Waals surface area contributed by atoms with E-state index >= 15 is 0 Å². The Morgan fingerprint density at radius 3 is 2.58 bits per heavy atom. The van der Waals surface area contributed by atoms with Crippen molar-refractivity contribution in [1.82, 2.24) is 5.32 Å². The average molecular weight is 263 g/mol. The number of carbonyl (C=O) groups is 1. The van der Waals surface area contributed by atoms with Crippen LogP contribution in [0, 0.1) is 5.41 Å². The number of aliphatic hydroxyl groups excluding tert-OH is 1. The monoisotopic (exact) mass is 263 g/mol. The van der Waals surface area contributed by atoms with Crippen molar-refractivity contribution in [2.45, 2.75) is 45.3 Å². The van der Waals surface area contributed by atoms with Crippen LogP contribution < -0.4 is 5.32 Å². The van der Waals surface area contributed by atoms with Gasteiger partial charge in [0.05, 0.1) is 6.10 Å². The van der Waals surface area contributed by atoms with Gasteiger partial charge in [0.15, 0.2) is 0 Å². The molecule has 104 valence electrons. The lowest BCUT2D eigenvalue weighted by atomic mass is 9.76. The van der Waals surface area contributed by atoms with E-state index in [4.69, 9.17) is 5.11 Å². The second-order valence-electron chi connectivity index (χ2n) is 6.29. The SMILES string of the molecule is CC(C)(C)C(NC(=O)O)[C@H]1c2ccccc2C[C@@H]1O. The van der Waals surface area contributed by atoms with Crippen molar-refractivity contribution in [2.24, 2.45) is 5.41 Å². The molecule has 4 nitrogen and oxygen atoms in total. The molecule has 0 spiro atoms. The molecule has 0 heterocycles. The van der Waals surface area contributed by atoms with E-state index in [1.807, 2.05) is 45.0 Å². The number of amides is 1. The van der Waals surface area contributed by atoms with Gasteiger partial charge in [-0.15, -0.1) is 0 Å². The molecular weight excluding hydrogens is 242 g/mol. The minimum atomic E-state index is -1.04. The molecule has 1 aliphatic rings. The van der Waals surface area contributed by atoms with Crippen LogP contribution in [0.3, 0.4) is 0 Å². The van der Waals surface area contributed by atoms with Gasteiger partial charge < -0.3 is 15.5 Å². The first kappa shape index (κ1) is 13.9. The van der Waals surface area contributed by atoms with Crippen molar-refractivity contribution >= 4 is 6.09 Å². The molecule has 0 saturated carbocycles. The topological polar surface area (TPSA) is 69.6 Å². The van der Waals surface area contributed by atoms with E-state index in [1.165, 1.54) is 0 Å². The third kappa shape index (κ3) is 2.73. The summed E-state index contributed by atoms with van der Waals surface area (Å²) in [5.41, 5.74) is 1.91. The van der Waals surface area contributed by atoms with Crippen LogP contribution in [0.4, 0.5) is 4.79 Å². The summed E-state index contributed by atoms with van der Waals surface area (Å²) in [6, 6.07) is 7.55. The highest BCUT2D eigenvalue weighted by atomic mass is 16.4. The van der Waals surface area contributed by atoms with Crippen LogP contribution in [0.15, 0.2) is 24.3 Å². The summed E-state index contributed by atoms with van der Waals surface area (Å²) in [5.74, 6) is -0.188. The molecule has 0 fully saturated rings. The third-order valence-electron chi connectivity index (χ3n) is 3.83. The fourth-order valence-electron chi connectivity index (χ4n) is 2.98. The number of nitrogens with one attached hydrogen (secondary N) is 1. The van der Waals surface area contributed by atoms with Crippen molar-refractivity contribution in [3.63, 3.8) is 0 Å². The number of hydrogen-bond donors (Lipinski definition) is 3. The van der Waals surface area contributed by atoms with Gasteiger partial charge >= 0.3 is 6.09 Å². The van der Waals surface area contributed by atoms with Crippen molar-refractivity contribution in [3.05, 3.63) is 35.4 Å². The van der Waals surface area contributed by atoms with E-state index in [0.717, 1.165) is 11.1 Å². The summed E-state index contributed by atoms with van der Waals surface area (Å²) in [5, 5.41) is 22.0. The summed E-state index contributed by atoms with van der Waals surface area (Å²) < 4.78 is 0. The Bertz CT molecular complexity index is 479. The molecule has 0 bridgehead atoms. The lowest BCUT2D eigenvalue weighted by Gasteiger charge is -2.37. The molecule has 3 N–H and O–H groups in total. The summed E-state index contributed by atoms with van der Waals surface area (Å²) in [6.45, 7) is 5.96. The Morgan fingerprint density at radius 2 is 2.00 bits per heavy atom. The number of rotatable bonds is 2. The Hall–Kier alpha value is -1.55. The number of fused-ring (bicyclic) bond motifs is 1. The fourth-order valence-corrected chi connectivity index (χ4v) is 2.98. The van der Waals surface area contributed by atoms with Crippen molar-refractivity contribution in [2.75, 3.05) is 0 Å². The maximum atomic E-state index is 11.0. The highest BCUT2D eigenvalue weighted by Gasteiger charge is 2.42. The first-order valence-electron chi connectivity index (χ1n) is 6.56. The van der Waals surface area contributed by atoms with Gasteiger partial charge in [0.1, 0.15) is 0 Å². The Balaban J connectivity index is 2.39. The van der Waals surface area contributed by atoms with E-state index < -0.39 is 12.2 Å². The lowest BCUT2D eigenvalue weighted by Crippen LogP contribution is -2.49. The normalized spacial score (nSPS) is 23.8. The second kappa shape index (κ2) is 4.85. The predicted molar refractivity (Wildman–Crippen MR) is 73.3 cm³/mol. The number of aliphatic hydroxyl groups is 1. The number of hydrogen-bond acceptors (Lipinski definition) is 2. The molecule has 1 aliphatic carbocycles. The minimum absolute atomic E-state index is 0.188. The maximum Gasteiger partial charge on any atom is 0.404 e. The van der Waals surface area contributed by atoms with Crippen molar-refractivity contribution < 1.29 is 15.0 Å². The molecule has 0 saturated heterocycles. The molecule has 1 aromatic carbocycles. The Kier molecular flexibility index (Phi) is 3.54. The average Bonchev–Trinajstić information content (AvgIpc) is 2.60. The fraction of sp³-hybridized carbons (Fsp3) is 0.533. The van der Waals surface area contributed by atoms with Crippen LogP contribution in [0.2, 0.25) is 0 Å². The number of benzene rings is 1. The van der Waals surface area contributed by atoms with E-state index in [2.05, 4.69) is 5.32 Å². The summed E-state index contributed by atoms with van der Waals surface area (Å²) in [7, 11) is 0. The van der Waals surface area contributed by atoms with Gasteiger partial charge in [0, 0.05) is 12.0 Å². The molecule has 0 radical (unpaired) electrons. The van der Waals surface area contributed by atoms with Gasteiger partial charge in [-0.3, -0.25) is 0 Å². The van der Waals surface area contributed by atoms with Crippen LogP contribution in [-0.4, -0.2) is 28.5 Å². The van der Waals surface area contributed by atoms with Gasteiger partial charge in [0.25, 0.3) is 0 Å². The lowest BCUT2D eigenvalue weighted by molar-refractivity contribution is 0.0998. The van der Waals surface area contributed by atoms with Gasteiger partial charge in [-0.1, -0.05) is 45.0 Å². The van der Waals surface area contributed by atoms with Crippen LogP contribution in [-0.2, 0) is 6.42 Å². The zero-order chi connectivity index (χ0) is 14.2. The molecule has 19 heavy (non-hydrogen) atoms. The Labute approximate surface area is 113 Å².